The van der Waals surface area contributed by atoms with Crippen molar-refractivity contribution < 1.29 is 5.11 Å². The molecule has 0 spiro atoms. The predicted molar refractivity (Wildman–Crippen MR) is 106 cm³/mol. The molecule has 27 heavy (non-hydrogen) atoms. The van der Waals surface area contributed by atoms with E-state index in [1.54, 1.807) is 10.9 Å². The van der Waals surface area contributed by atoms with Gasteiger partial charge >= 0.3 is 0 Å². The fourth-order valence-corrected chi connectivity index (χ4v) is 4.93. The van der Waals surface area contributed by atoms with E-state index in [1.165, 1.54) is 9.75 Å². The van der Waals surface area contributed by atoms with Crippen molar-refractivity contribution in [2.75, 3.05) is 6.54 Å². The second-order valence-electron chi connectivity index (χ2n) is 7.74. The van der Waals surface area contributed by atoms with E-state index in [9.17, 15) is 5.11 Å². The maximum atomic E-state index is 10.6. The van der Waals surface area contributed by atoms with Crippen molar-refractivity contribution >= 4 is 11.3 Å². The van der Waals surface area contributed by atoms with Crippen molar-refractivity contribution in [1.29, 1.82) is 0 Å². The highest BCUT2D eigenvalue weighted by Gasteiger charge is 2.23. The fraction of sp³-hybridized carbons (Fsp3) is 0.500. The molecule has 6 nitrogen and oxygen atoms in total. The van der Waals surface area contributed by atoms with E-state index in [2.05, 4.69) is 41.1 Å². The van der Waals surface area contributed by atoms with Crippen LogP contribution in [0.25, 0.3) is 0 Å². The zero-order valence-corrected chi connectivity index (χ0v) is 17.0. The van der Waals surface area contributed by atoms with Crippen molar-refractivity contribution in [1.82, 2.24) is 24.5 Å². The van der Waals surface area contributed by atoms with E-state index in [0.29, 0.717) is 11.6 Å². The first-order chi connectivity index (χ1) is 13.0. The summed E-state index contributed by atoms with van der Waals surface area (Å²) in [5.41, 5.74) is 2.63. The molecule has 0 saturated carbocycles. The third-order valence-electron chi connectivity index (χ3n) is 5.02. The molecule has 0 aromatic carbocycles. The Bertz CT molecular complexity index is 909. The fourth-order valence-electron chi connectivity index (χ4n) is 3.66. The van der Waals surface area contributed by atoms with Crippen molar-refractivity contribution in [2.45, 2.75) is 46.0 Å². The summed E-state index contributed by atoms with van der Waals surface area (Å²) in [5, 5.41) is 19.4. The van der Waals surface area contributed by atoms with Crippen LogP contribution in [0.1, 0.15) is 46.8 Å². The van der Waals surface area contributed by atoms with Gasteiger partial charge in [0.2, 0.25) is 0 Å². The lowest BCUT2D eigenvalue weighted by Crippen LogP contribution is -2.33. The summed E-state index contributed by atoms with van der Waals surface area (Å²) in [4.78, 5) is 5.36. The number of aliphatic hydroxyl groups excluding tert-OH is 1. The molecule has 1 atom stereocenters. The molecule has 0 aliphatic carbocycles. The van der Waals surface area contributed by atoms with Gasteiger partial charge in [0.15, 0.2) is 0 Å². The van der Waals surface area contributed by atoms with Gasteiger partial charge in [-0.2, -0.15) is 10.2 Å². The topological polar surface area (TPSA) is 59.1 Å². The van der Waals surface area contributed by atoms with Gasteiger partial charge in [-0.05, 0) is 36.6 Å². The van der Waals surface area contributed by atoms with Crippen LogP contribution in [0.2, 0.25) is 0 Å². The summed E-state index contributed by atoms with van der Waals surface area (Å²) in [6.45, 7) is 8.21. The van der Waals surface area contributed by atoms with Crippen LogP contribution in [-0.4, -0.2) is 36.1 Å². The van der Waals surface area contributed by atoms with Gasteiger partial charge in [-0.25, -0.2) is 0 Å². The zero-order valence-electron chi connectivity index (χ0n) is 16.2. The van der Waals surface area contributed by atoms with Crippen molar-refractivity contribution in [3.63, 3.8) is 0 Å². The normalized spacial score (nSPS) is 16.0. The Morgan fingerprint density at radius 2 is 2.00 bits per heavy atom. The van der Waals surface area contributed by atoms with Crippen LogP contribution in [0.5, 0.6) is 0 Å². The highest BCUT2D eigenvalue weighted by Crippen LogP contribution is 2.26. The van der Waals surface area contributed by atoms with E-state index < -0.39 is 6.10 Å². The quantitative estimate of drug-likeness (QED) is 0.709. The molecule has 7 heteroatoms. The molecule has 3 aromatic rings. The number of aromatic nitrogens is 4. The number of hydrogen-bond donors (Lipinski definition) is 1. The third kappa shape index (κ3) is 4.00. The number of thiophene rings is 1. The van der Waals surface area contributed by atoms with Gasteiger partial charge in [0, 0.05) is 42.6 Å². The first-order valence-electron chi connectivity index (χ1n) is 9.52. The molecule has 1 aliphatic rings. The van der Waals surface area contributed by atoms with Crippen LogP contribution in [0.4, 0.5) is 0 Å². The minimum absolute atomic E-state index is 0.699. The van der Waals surface area contributed by atoms with Crippen LogP contribution >= 0.6 is 11.3 Å². The lowest BCUT2D eigenvalue weighted by Gasteiger charge is -2.26. The summed E-state index contributed by atoms with van der Waals surface area (Å²) in [6.07, 6.45) is 2.12. The van der Waals surface area contributed by atoms with Gasteiger partial charge in [0.1, 0.15) is 6.10 Å². The maximum Gasteiger partial charge on any atom is 0.139 e. The van der Waals surface area contributed by atoms with Gasteiger partial charge in [0.05, 0.1) is 23.6 Å². The molecule has 1 N–H and O–H groups in total. The number of hydrogen-bond acceptors (Lipinski definition) is 5. The first-order valence-corrected chi connectivity index (χ1v) is 10.3. The van der Waals surface area contributed by atoms with E-state index in [4.69, 9.17) is 0 Å². The van der Waals surface area contributed by atoms with Gasteiger partial charge in [0.25, 0.3) is 0 Å². The number of aliphatic hydroxyl groups is 1. The Balaban J connectivity index is 1.43. The molecule has 1 unspecified atom stereocenters. The van der Waals surface area contributed by atoms with Crippen LogP contribution in [0, 0.1) is 5.92 Å². The molecule has 144 valence electrons. The van der Waals surface area contributed by atoms with Gasteiger partial charge < -0.3 is 5.11 Å². The Labute approximate surface area is 164 Å². The molecule has 3 aromatic heterocycles. The van der Waals surface area contributed by atoms with E-state index >= 15 is 0 Å². The second-order valence-corrected chi connectivity index (χ2v) is 9.00. The van der Waals surface area contributed by atoms with Gasteiger partial charge in [-0.15, -0.1) is 11.3 Å². The molecule has 0 bridgehead atoms. The van der Waals surface area contributed by atoms with E-state index in [1.807, 2.05) is 35.2 Å². The monoisotopic (exact) mass is 385 g/mol. The average molecular weight is 386 g/mol. The molecule has 4 rings (SSSR count). The molecule has 0 radical (unpaired) electrons. The molecule has 0 amide bonds. The molecule has 1 aliphatic heterocycles. The summed E-state index contributed by atoms with van der Waals surface area (Å²) in [5.74, 6) is 0.699. The number of nitrogens with zero attached hydrogens (tertiary/aromatic N) is 5. The third-order valence-corrected chi connectivity index (χ3v) is 6.11. The Morgan fingerprint density at radius 1 is 1.19 bits per heavy atom. The standard InChI is InChI=1S/C20H27N5OS/c1-14(2)10-16-4-5-17(27-16)13-24-8-9-25-15(12-24)11-18(22-25)20(26)19-6-7-21-23(19)3/h4-7,11,14,20,26H,8-10,12-13H2,1-3H3. The minimum atomic E-state index is -0.736. The van der Waals surface area contributed by atoms with Crippen LogP contribution in [0.15, 0.2) is 30.5 Å². The molecular formula is C20H27N5OS. The minimum Gasteiger partial charge on any atom is -0.380 e. The zero-order chi connectivity index (χ0) is 19.0. The molecule has 4 heterocycles. The smallest absolute Gasteiger partial charge is 0.139 e. The van der Waals surface area contributed by atoms with Crippen molar-refractivity contribution in [2.24, 2.45) is 13.0 Å². The number of rotatable bonds is 6. The van der Waals surface area contributed by atoms with Gasteiger partial charge in [-0.3, -0.25) is 14.3 Å². The maximum absolute atomic E-state index is 10.6. The number of aryl methyl sites for hydroxylation is 1. The van der Waals surface area contributed by atoms with Crippen LogP contribution < -0.4 is 0 Å². The molecular weight excluding hydrogens is 358 g/mol. The Kier molecular flexibility index (Phi) is 5.16. The van der Waals surface area contributed by atoms with E-state index in [-0.39, 0.29) is 0 Å². The molecule has 0 fully saturated rings. The highest BCUT2D eigenvalue weighted by atomic mass is 32.1. The molecule has 0 saturated heterocycles. The second kappa shape index (κ2) is 7.58. The summed E-state index contributed by atoms with van der Waals surface area (Å²) >= 11 is 1.93. The SMILES string of the molecule is CC(C)Cc1ccc(CN2CCn3nc(C(O)c4ccnn4C)cc3C2)s1. The Hall–Kier alpha value is -1.96. The first kappa shape index (κ1) is 18.4. The highest BCUT2D eigenvalue weighted by molar-refractivity contribution is 7.11. The summed E-state index contributed by atoms with van der Waals surface area (Å²) < 4.78 is 3.73. The summed E-state index contributed by atoms with van der Waals surface area (Å²) in [6, 6.07) is 8.41. The largest absolute Gasteiger partial charge is 0.380 e. The van der Waals surface area contributed by atoms with Crippen molar-refractivity contribution in [3.8, 4) is 0 Å². The Morgan fingerprint density at radius 3 is 2.74 bits per heavy atom. The van der Waals surface area contributed by atoms with Crippen molar-refractivity contribution in [3.05, 3.63) is 57.3 Å². The predicted octanol–water partition coefficient (Wildman–Crippen LogP) is 2.97. The van der Waals surface area contributed by atoms with Crippen LogP contribution in [-0.2, 0) is 33.1 Å². The van der Waals surface area contributed by atoms with Crippen LogP contribution in [0.3, 0.4) is 0 Å². The lowest BCUT2D eigenvalue weighted by molar-refractivity contribution is 0.197. The average Bonchev–Trinajstić information content (AvgIpc) is 3.33. The number of fused-ring (bicyclic) bond motifs is 1. The summed E-state index contributed by atoms with van der Waals surface area (Å²) in [7, 11) is 1.84. The van der Waals surface area contributed by atoms with E-state index in [0.717, 1.165) is 44.0 Å². The lowest BCUT2D eigenvalue weighted by atomic mass is 10.1. The van der Waals surface area contributed by atoms with Gasteiger partial charge in [-0.1, -0.05) is 13.8 Å².